The van der Waals surface area contributed by atoms with Gasteiger partial charge in [0.1, 0.15) is 5.01 Å². The van der Waals surface area contributed by atoms with E-state index in [-0.39, 0.29) is 36.1 Å². The molecule has 8 heteroatoms. The fourth-order valence-corrected chi connectivity index (χ4v) is 2.91. The number of nitrogens with zero attached hydrogens (tertiary/aromatic N) is 3. The van der Waals surface area contributed by atoms with Crippen molar-refractivity contribution in [1.29, 1.82) is 0 Å². The van der Waals surface area contributed by atoms with E-state index in [1.807, 2.05) is 24.6 Å². The van der Waals surface area contributed by atoms with Gasteiger partial charge in [0.05, 0.1) is 12.1 Å². The minimum atomic E-state index is -0.0760. The summed E-state index contributed by atoms with van der Waals surface area (Å²) >= 11 is 1.53. The molecule has 0 aromatic carbocycles. The molecule has 2 N–H and O–H groups in total. The summed E-state index contributed by atoms with van der Waals surface area (Å²) < 4.78 is 0. The van der Waals surface area contributed by atoms with Gasteiger partial charge in [-0.15, -0.1) is 36.2 Å². The molecule has 0 radical (unpaired) electrons. The lowest BCUT2D eigenvalue weighted by atomic mass is 9.93. The summed E-state index contributed by atoms with van der Waals surface area (Å²) in [6.45, 7) is 5.30. The van der Waals surface area contributed by atoms with Gasteiger partial charge < -0.3 is 10.6 Å². The Labute approximate surface area is 159 Å². The first kappa shape index (κ1) is 22.8. The van der Waals surface area contributed by atoms with Crippen molar-refractivity contribution >= 4 is 42.1 Å². The van der Waals surface area contributed by atoms with Crippen LogP contribution >= 0.6 is 36.2 Å². The molecule has 2 rings (SSSR count). The molecule has 0 aliphatic carbocycles. The molecule has 0 aliphatic heterocycles. The fraction of sp³-hybridized carbons (Fsp3) is 0.438. The van der Waals surface area contributed by atoms with E-state index in [0.29, 0.717) is 19.5 Å². The molecule has 0 saturated heterocycles. The standard InChI is InChI=1S/C16H22N4OS.2ClH/c1-16(2,10-17)11-20(3)14(21)7-13-9-22-15(19-13)12-5-4-6-18-8-12;;/h4-6,8-9H,7,10-11,17H2,1-3H3;2*1H. The number of halogens is 2. The molecule has 0 aliphatic rings. The first-order chi connectivity index (χ1) is 10.4. The summed E-state index contributed by atoms with van der Waals surface area (Å²) in [5.74, 6) is 0.0598. The molecule has 0 spiro atoms. The Bertz CT molecular complexity index is 634. The van der Waals surface area contributed by atoms with Crippen molar-refractivity contribution in [2.24, 2.45) is 11.1 Å². The lowest BCUT2D eigenvalue weighted by Crippen LogP contribution is -2.40. The Kier molecular flexibility index (Phi) is 9.43. The molecular weight excluding hydrogens is 367 g/mol. The molecule has 24 heavy (non-hydrogen) atoms. The molecule has 1 amide bonds. The van der Waals surface area contributed by atoms with Crippen LogP contribution in [0.15, 0.2) is 29.9 Å². The average molecular weight is 391 g/mol. The predicted molar refractivity (Wildman–Crippen MR) is 104 cm³/mol. The minimum Gasteiger partial charge on any atom is -0.345 e. The third-order valence-electron chi connectivity index (χ3n) is 3.44. The molecule has 134 valence electrons. The second-order valence-corrected chi connectivity index (χ2v) is 7.04. The summed E-state index contributed by atoms with van der Waals surface area (Å²) in [4.78, 5) is 22.6. The third kappa shape index (κ3) is 6.36. The van der Waals surface area contributed by atoms with Crippen molar-refractivity contribution in [3.63, 3.8) is 0 Å². The Morgan fingerprint density at radius 2 is 2.08 bits per heavy atom. The molecule has 0 bridgehead atoms. The van der Waals surface area contributed by atoms with Gasteiger partial charge in [-0.3, -0.25) is 9.78 Å². The highest BCUT2D eigenvalue weighted by Crippen LogP contribution is 2.23. The molecule has 2 heterocycles. The normalized spacial score (nSPS) is 10.5. The number of thiazole rings is 1. The number of aromatic nitrogens is 2. The Balaban J connectivity index is 0.00000264. The molecule has 5 nitrogen and oxygen atoms in total. The van der Waals surface area contributed by atoms with Crippen LogP contribution in [-0.4, -0.2) is 40.9 Å². The largest absolute Gasteiger partial charge is 0.345 e. The van der Waals surface area contributed by atoms with Crippen LogP contribution in [0.25, 0.3) is 10.6 Å². The smallest absolute Gasteiger partial charge is 0.228 e. The van der Waals surface area contributed by atoms with Crippen LogP contribution in [0.4, 0.5) is 0 Å². The average Bonchev–Trinajstić information content (AvgIpc) is 2.96. The monoisotopic (exact) mass is 390 g/mol. The summed E-state index contributed by atoms with van der Waals surface area (Å²) in [7, 11) is 1.81. The highest BCUT2D eigenvalue weighted by molar-refractivity contribution is 7.13. The van der Waals surface area contributed by atoms with E-state index in [0.717, 1.165) is 16.3 Å². The van der Waals surface area contributed by atoms with Crippen molar-refractivity contribution in [3.05, 3.63) is 35.6 Å². The van der Waals surface area contributed by atoms with E-state index in [4.69, 9.17) is 5.73 Å². The number of pyridine rings is 1. The van der Waals surface area contributed by atoms with Gasteiger partial charge in [0, 0.05) is 36.9 Å². The molecule has 0 fully saturated rings. The molecular formula is C16H24Cl2N4OS. The zero-order valence-electron chi connectivity index (χ0n) is 14.1. The molecule has 0 atom stereocenters. The van der Waals surface area contributed by atoms with Crippen molar-refractivity contribution in [2.75, 3.05) is 20.1 Å². The third-order valence-corrected chi connectivity index (χ3v) is 4.38. The maximum Gasteiger partial charge on any atom is 0.228 e. The highest BCUT2D eigenvalue weighted by Gasteiger charge is 2.21. The summed E-state index contributed by atoms with van der Waals surface area (Å²) in [5.41, 5.74) is 7.42. The number of likely N-dealkylation sites (N-methyl/N-ethyl adjacent to an activating group) is 1. The quantitative estimate of drug-likeness (QED) is 0.822. The van der Waals surface area contributed by atoms with Crippen LogP contribution in [0.5, 0.6) is 0 Å². The van der Waals surface area contributed by atoms with E-state index in [2.05, 4.69) is 23.8 Å². The number of carbonyl (C=O) groups is 1. The fourth-order valence-electron chi connectivity index (χ4n) is 2.09. The lowest BCUT2D eigenvalue weighted by Gasteiger charge is -2.28. The molecule has 2 aromatic rings. The van der Waals surface area contributed by atoms with Crippen molar-refractivity contribution in [3.8, 4) is 10.6 Å². The van der Waals surface area contributed by atoms with Crippen LogP contribution in [0, 0.1) is 5.41 Å². The van der Waals surface area contributed by atoms with Gasteiger partial charge in [-0.1, -0.05) is 13.8 Å². The van der Waals surface area contributed by atoms with E-state index in [1.54, 1.807) is 17.3 Å². The Hall–Kier alpha value is -1.21. The second kappa shape index (κ2) is 9.93. The number of amides is 1. The SMILES string of the molecule is CN(CC(C)(C)CN)C(=O)Cc1csc(-c2cccnc2)n1.Cl.Cl. The zero-order valence-corrected chi connectivity index (χ0v) is 16.5. The molecule has 0 saturated carbocycles. The number of hydrogen-bond donors (Lipinski definition) is 1. The Morgan fingerprint density at radius 3 is 2.67 bits per heavy atom. The zero-order chi connectivity index (χ0) is 16.2. The molecule has 2 aromatic heterocycles. The Morgan fingerprint density at radius 1 is 1.38 bits per heavy atom. The highest BCUT2D eigenvalue weighted by atomic mass is 35.5. The van der Waals surface area contributed by atoms with Gasteiger partial charge in [0.2, 0.25) is 5.91 Å². The summed E-state index contributed by atoms with van der Waals surface area (Å²) in [5, 5.41) is 2.82. The van der Waals surface area contributed by atoms with Crippen LogP contribution < -0.4 is 5.73 Å². The van der Waals surface area contributed by atoms with Crippen molar-refractivity contribution < 1.29 is 4.79 Å². The van der Waals surface area contributed by atoms with Gasteiger partial charge in [-0.2, -0.15) is 0 Å². The first-order valence-electron chi connectivity index (χ1n) is 7.20. The number of carbonyl (C=O) groups excluding carboxylic acids is 1. The summed E-state index contributed by atoms with van der Waals surface area (Å²) in [6.07, 6.45) is 3.82. The predicted octanol–water partition coefficient (Wildman–Crippen LogP) is 3.03. The number of rotatable bonds is 6. The van der Waals surface area contributed by atoms with Gasteiger partial charge in [-0.05, 0) is 24.1 Å². The number of hydrogen-bond acceptors (Lipinski definition) is 5. The van der Waals surface area contributed by atoms with Crippen LogP contribution in [0.1, 0.15) is 19.5 Å². The van der Waals surface area contributed by atoms with E-state index in [1.165, 1.54) is 11.3 Å². The number of nitrogens with two attached hydrogens (primary N) is 1. The minimum absolute atomic E-state index is 0. The van der Waals surface area contributed by atoms with Gasteiger partial charge in [-0.25, -0.2) is 4.98 Å². The second-order valence-electron chi connectivity index (χ2n) is 6.18. The van der Waals surface area contributed by atoms with Crippen molar-refractivity contribution in [2.45, 2.75) is 20.3 Å². The van der Waals surface area contributed by atoms with Crippen LogP contribution in [-0.2, 0) is 11.2 Å². The van der Waals surface area contributed by atoms with Crippen LogP contribution in [0.3, 0.4) is 0 Å². The van der Waals surface area contributed by atoms with Gasteiger partial charge in [0.15, 0.2) is 0 Å². The van der Waals surface area contributed by atoms with Gasteiger partial charge >= 0.3 is 0 Å². The summed E-state index contributed by atoms with van der Waals surface area (Å²) in [6, 6.07) is 3.84. The van der Waals surface area contributed by atoms with Gasteiger partial charge in [0.25, 0.3) is 0 Å². The van der Waals surface area contributed by atoms with Crippen LogP contribution in [0.2, 0.25) is 0 Å². The van der Waals surface area contributed by atoms with Crippen molar-refractivity contribution in [1.82, 2.24) is 14.9 Å². The maximum atomic E-state index is 12.3. The first-order valence-corrected chi connectivity index (χ1v) is 8.08. The van der Waals surface area contributed by atoms with E-state index in [9.17, 15) is 4.79 Å². The topological polar surface area (TPSA) is 72.1 Å². The maximum absolute atomic E-state index is 12.3. The van der Waals surface area contributed by atoms with E-state index < -0.39 is 0 Å². The van der Waals surface area contributed by atoms with E-state index >= 15 is 0 Å². The lowest BCUT2D eigenvalue weighted by molar-refractivity contribution is -0.130. The molecule has 0 unspecified atom stereocenters.